The van der Waals surface area contributed by atoms with E-state index in [1.807, 2.05) is 0 Å². The summed E-state index contributed by atoms with van der Waals surface area (Å²) < 4.78 is 53.0. The van der Waals surface area contributed by atoms with Crippen LogP contribution in [0.15, 0.2) is 24.3 Å². The highest BCUT2D eigenvalue weighted by Gasteiger charge is 2.17. The van der Waals surface area contributed by atoms with E-state index in [0.29, 0.717) is 16.4 Å². The number of hydrogen-bond donors (Lipinski definition) is 1. The van der Waals surface area contributed by atoms with Crippen molar-refractivity contribution in [2.75, 3.05) is 0 Å². The van der Waals surface area contributed by atoms with Crippen LogP contribution in [0.2, 0.25) is 0 Å². The van der Waals surface area contributed by atoms with Gasteiger partial charge in [0.15, 0.2) is 17.5 Å². The Labute approximate surface area is 115 Å². The molecular weight excluding hydrogens is 289 g/mol. The van der Waals surface area contributed by atoms with E-state index >= 15 is 0 Å². The van der Waals surface area contributed by atoms with Crippen molar-refractivity contribution < 1.29 is 17.6 Å². The smallest absolute Gasteiger partial charge is 0.194 e. The van der Waals surface area contributed by atoms with Gasteiger partial charge in [0, 0.05) is 13.4 Å². The molecule has 0 saturated heterocycles. The maximum Gasteiger partial charge on any atom is 0.194 e. The lowest BCUT2D eigenvalue weighted by Gasteiger charge is -2.15. The molecule has 0 amide bonds. The zero-order valence-electron chi connectivity index (χ0n) is 10.8. The van der Waals surface area contributed by atoms with Crippen LogP contribution in [0.3, 0.4) is 0 Å². The van der Waals surface area contributed by atoms with E-state index in [-0.39, 0.29) is 5.30 Å². The fraction of sp³-hybridized carbons (Fsp3) is 0.143. The van der Waals surface area contributed by atoms with Crippen molar-refractivity contribution in [2.45, 2.75) is 13.8 Å². The number of benzene rings is 2. The molecule has 0 heterocycles. The Morgan fingerprint density at radius 3 is 1.75 bits per heavy atom. The lowest BCUT2D eigenvalue weighted by atomic mass is 10.1. The van der Waals surface area contributed by atoms with Gasteiger partial charge in [-0.15, -0.1) is 0 Å². The Bertz CT molecular complexity index is 569. The molecule has 0 saturated carbocycles. The van der Waals surface area contributed by atoms with Gasteiger partial charge in [-0.25, -0.2) is 17.6 Å². The van der Waals surface area contributed by atoms with E-state index in [4.69, 9.17) is 5.50 Å². The molecule has 106 valence electrons. The second-order valence-corrected chi connectivity index (χ2v) is 6.24. The maximum absolute atomic E-state index is 13.7. The van der Waals surface area contributed by atoms with Gasteiger partial charge >= 0.3 is 0 Å². The molecule has 0 spiro atoms. The Hall–Kier alpha value is -1.45. The van der Waals surface area contributed by atoms with Gasteiger partial charge in [-0.3, -0.25) is 0 Å². The Balaban J connectivity index is 2.49. The number of aryl methyl sites for hydroxylation is 1. The summed E-state index contributed by atoms with van der Waals surface area (Å²) in [5.41, 5.74) is 7.12. The number of hydrogen-bond acceptors (Lipinski definition) is 1. The molecule has 2 rings (SSSR count). The number of halogens is 4. The molecule has 0 fully saturated rings. The summed E-state index contributed by atoms with van der Waals surface area (Å²) in [5, 5.41) is 0.546. The Morgan fingerprint density at radius 1 is 0.800 bits per heavy atom. The second-order valence-electron chi connectivity index (χ2n) is 4.46. The second kappa shape index (κ2) is 5.51. The predicted molar refractivity (Wildman–Crippen MR) is 72.6 cm³/mol. The van der Waals surface area contributed by atoms with Gasteiger partial charge in [-0.2, -0.15) is 0 Å². The van der Waals surface area contributed by atoms with Crippen molar-refractivity contribution in [3.8, 4) is 0 Å². The van der Waals surface area contributed by atoms with E-state index < -0.39 is 31.3 Å². The lowest BCUT2D eigenvalue weighted by molar-refractivity contribution is 0.448. The standard InChI is InChI=1S/C14H12F4NP/c1-7-3-9(4-11(15)8(7)2)20(19)10-5-12(16)14(18)13(17)6-10/h3-6H,19H2,1-2H3. The molecule has 1 atom stereocenters. The van der Waals surface area contributed by atoms with Gasteiger partial charge < -0.3 is 5.50 Å². The minimum Gasteiger partial charge on any atom is -0.302 e. The van der Waals surface area contributed by atoms with Crippen LogP contribution in [0, 0.1) is 37.1 Å². The molecule has 6 heteroatoms. The highest BCUT2D eigenvalue weighted by Crippen LogP contribution is 2.27. The first kappa shape index (κ1) is 14.9. The molecule has 2 N–H and O–H groups in total. The third-order valence-corrected chi connectivity index (χ3v) is 4.74. The van der Waals surface area contributed by atoms with E-state index in [1.54, 1.807) is 19.9 Å². The van der Waals surface area contributed by atoms with Gasteiger partial charge in [0.05, 0.1) is 0 Å². The van der Waals surface area contributed by atoms with Crippen molar-refractivity contribution >= 4 is 18.7 Å². The molecule has 0 bridgehead atoms. The van der Waals surface area contributed by atoms with E-state index in [2.05, 4.69) is 0 Å². The van der Waals surface area contributed by atoms with Crippen LogP contribution in [-0.2, 0) is 0 Å². The van der Waals surface area contributed by atoms with Gasteiger partial charge in [-0.05, 0) is 54.5 Å². The predicted octanol–water partition coefficient (Wildman–Crippen LogP) is 3.17. The lowest BCUT2D eigenvalue weighted by Crippen LogP contribution is -2.20. The summed E-state index contributed by atoms with van der Waals surface area (Å²) >= 11 is 0. The Kier molecular flexibility index (Phi) is 4.11. The monoisotopic (exact) mass is 301 g/mol. The summed E-state index contributed by atoms with van der Waals surface area (Å²) in [5.74, 6) is -4.58. The van der Waals surface area contributed by atoms with Crippen LogP contribution < -0.4 is 16.1 Å². The number of rotatable bonds is 2. The van der Waals surface area contributed by atoms with Crippen molar-refractivity contribution in [1.29, 1.82) is 0 Å². The first-order valence-electron chi connectivity index (χ1n) is 5.77. The average Bonchev–Trinajstić information content (AvgIpc) is 2.40. The molecule has 1 nitrogen and oxygen atoms in total. The quantitative estimate of drug-likeness (QED) is 0.515. The molecule has 0 radical (unpaired) electrons. The molecule has 2 aromatic carbocycles. The molecule has 1 unspecified atom stereocenters. The minimum atomic E-state index is -1.65. The summed E-state index contributed by atoms with van der Waals surface area (Å²) in [7, 11) is -1.65. The summed E-state index contributed by atoms with van der Waals surface area (Å²) in [6.07, 6.45) is 0. The SMILES string of the molecule is Cc1cc(P(N)c2cc(F)c(F)c(F)c2)cc(F)c1C. The number of nitrogens with two attached hydrogens (primary N) is 1. The molecule has 0 aromatic heterocycles. The normalized spacial score (nSPS) is 12.6. The third-order valence-electron chi connectivity index (χ3n) is 3.11. The molecule has 0 aliphatic carbocycles. The highest BCUT2D eigenvalue weighted by molar-refractivity contribution is 7.70. The van der Waals surface area contributed by atoms with E-state index in [1.165, 1.54) is 6.07 Å². The van der Waals surface area contributed by atoms with Gasteiger partial charge in [0.2, 0.25) is 0 Å². The topological polar surface area (TPSA) is 26.0 Å². The summed E-state index contributed by atoms with van der Waals surface area (Å²) in [4.78, 5) is 0. The molecule has 20 heavy (non-hydrogen) atoms. The van der Waals surface area contributed by atoms with Crippen LogP contribution in [0.1, 0.15) is 11.1 Å². The van der Waals surface area contributed by atoms with Crippen LogP contribution >= 0.6 is 8.07 Å². The molecule has 2 aromatic rings. The summed E-state index contributed by atoms with van der Waals surface area (Å²) in [6.45, 7) is 3.35. The fourth-order valence-electron chi connectivity index (χ4n) is 1.77. The van der Waals surface area contributed by atoms with Crippen LogP contribution in [0.25, 0.3) is 0 Å². The highest BCUT2D eigenvalue weighted by atomic mass is 31.1. The third kappa shape index (κ3) is 2.69. The fourth-order valence-corrected chi connectivity index (χ4v) is 3.16. The molecular formula is C14H12F4NP. The van der Waals surface area contributed by atoms with Crippen LogP contribution in [0.5, 0.6) is 0 Å². The first-order chi connectivity index (χ1) is 9.31. The zero-order valence-corrected chi connectivity index (χ0v) is 11.7. The van der Waals surface area contributed by atoms with Gasteiger partial charge in [0.25, 0.3) is 0 Å². The van der Waals surface area contributed by atoms with Crippen molar-refractivity contribution in [3.05, 3.63) is 58.7 Å². The van der Waals surface area contributed by atoms with Crippen LogP contribution in [-0.4, -0.2) is 0 Å². The molecule has 0 aliphatic heterocycles. The van der Waals surface area contributed by atoms with Crippen LogP contribution in [0.4, 0.5) is 17.6 Å². The first-order valence-corrected chi connectivity index (χ1v) is 7.18. The average molecular weight is 301 g/mol. The van der Waals surface area contributed by atoms with Gasteiger partial charge in [-0.1, -0.05) is 0 Å². The maximum atomic E-state index is 13.7. The van der Waals surface area contributed by atoms with E-state index in [0.717, 1.165) is 12.1 Å². The van der Waals surface area contributed by atoms with Gasteiger partial charge in [0.1, 0.15) is 5.82 Å². The Morgan fingerprint density at radius 2 is 1.25 bits per heavy atom. The van der Waals surface area contributed by atoms with Crippen molar-refractivity contribution in [1.82, 2.24) is 0 Å². The summed E-state index contributed by atoms with van der Waals surface area (Å²) in [6, 6.07) is 4.60. The zero-order chi connectivity index (χ0) is 15.0. The largest absolute Gasteiger partial charge is 0.302 e. The molecule has 0 aliphatic rings. The van der Waals surface area contributed by atoms with Crippen molar-refractivity contribution in [3.63, 3.8) is 0 Å². The van der Waals surface area contributed by atoms with E-state index in [9.17, 15) is 17.6 Å². The van der Waals surface area contributed by atoms with Crippen molar-refractivity contribution in [2.24, 2.45) is 5.50 Å². The minimum absolute atomic E-state index is 0.110.